The summed E-state index contributed by atoms with van der Waals surface area (Å²) in [6, 6.07) is 1.87. The quantitative estimate of drug-likeness (QED) is 0.294. The molecule has 3 aliphatic heterocycles. The summed E-state index contributed by atoms with van der Waals surface area (Å²) in [6.07, 6.45) is 8.00. The number of alkyl halides is 1. The van der Waals surface area contributed by atoms with E-state index in [1.807, 2.05) is 11.0 Å². The lowest BCUT2D eigenvalue weighted by Crippen LogP contribution is -2.46. The molecule has 3 atom stereocenters. The molecular weight excluding hydrogens is 576 g/mol. The van der Waals surface area contributed by atoms with Gasteiger partial charge in [-0.25, -0.2) is 8.78 Å². The van der Waals surface area contributed by atoms with Crippen molar-refractivity contribution in [3.8, 4) is 17.3 Å². The van der Waals surface area contributed by atoms with E-state index < -0.39 is 23.1 Å². The Balaban J connectivity index is 1.27. The van der Waals surface area contributed by atoms with Crippen molar-refractivity contribution in [1.82, 2.24) is 30.0 Å². The summed E-state index contributed by atoms with van der Waals surface area (Å²) in [5, 5.41) is 19.8. The predicted octanol–water partition coefficient (Wildman–Crippen LogP) is 5.54. The number of fused-ring (bicyclic) bond motifs is 3. The SMILES string of the molecule is C[C@@]1(O)CCCN(c2nc(OC[C@@]34CCCN3C[C@H](F)C4)nc3c(F)c(-c4c(C5CC5)c(Cl)cc5[nH]ncc45)ncc23)C1. The summed E-state index contributed by atoms with van der Waals surface area (Å²) in [5.74, 6) is 0.107. The minimum absolute atomic E-state index is 0.0364. The van der Waals surface area contributed by atoms with Gasteiger partial charge in [0.25, 0.3) is 0 Å². The Morgan fingerprint density at radius 3 is 2.81 bits per heavy atom. The van der Waals surface area contributed by atoms with Crippen LogP contribution < -0.4 is 9.64 Å². The van der Waals surface area contributed by atoms with Crippen LogP contribution in [-0.2, 0) is 0 Å². The van der Waals surface area contributed by atoms with Crippen LogP contribution in [0.1, 0.15) is 63.4 Å². The van der Waals surface area contributed by atoms with Crippen molar-refractivity contribution in [2.75, 3.05) is 37.7 Å². The number of piperidine rings is 1. The third-order valence-corrected chi connectivity index (χ3v) is 10.1. The van der Waals surface area contributed by atoms with Crippen molar-refractivity contribution in [2.24, 2.45) is 0 Å². The van der Waals surface area contributed by atoms with E-state index in [1.165, 1.54) is 0 Å². The van der Waals surface area contributed by atoms with Gasteiger partial charge in [-0.3, -0.25) is 15.0 Å². The molecule has 226 valence electrons. The lowest BCUT2D eigenvalue weighted by atomic mass is 9.94. The zero-order valence-corrected chi connectivity index (χ0v) is 24.8. The molecule has 8 rings (SSSR count). The normalized spacial score (nSPS) is 27.8. The molecule has 3 aromatic heterocycles. The number of aromatic amines is 1. The minimum atomic E-state index is -0.918. The van der Waals surface area contributed by atoms with Gasteiger partial charge in [0.2, 0.25) is 0 Å². The molecule has 12 heteroatoms. The maximum atomic E-state index is 16.9. The number of nitrogens with one attached hydrogen (secondary N) is 1. The number of hydrogen-bond donors (Lipinski definition) is 2. The van der Waals surface area contributed by atoms with Gasteiger partial charge in [0.1, 0.15) is 29.8 Å². The zero-order chi connectivity index (χ0) is 29.5. The van der Waals surface area contributed by atoms with Crippen molar-refractivity contribution in [3.05, 3.63) is 34.9 Å². The molecule has 4 aliphatic rings. The number of H-pyrrole nitrogens is 1. The van der Waals surface area contributed by atoms with Crippen molar-refractivity contribution in [2.45, 2.75) is 75.1 Å². The lowest BCUT2D eigenvalue weighted by molar-refractivity contribution is 0.0447. The van der Waals surface area contributed by atoms with Crippen LogP contribution in [0.15, 0.2) is 18.5 Å². The van der Waals surface area contributed by atoms with Crippen LogP contribution in [0, 0.1) is 5.82 Å². The molecule has 1 aliphatic carbocycles. The number of pyridine rings is 1. The van der Waals surface area contributed by atoms with Crippen LogP contribution >= 0.6 is 11.6 Å². The summed E-state index contributed by atoms with van der Waals surface area (Å²) in [7, 11) is 0. The highest BCUT2D eigenvalue weighted by molar-refractivity contribution is 6.33. The highest BCUT2D eigenvalue weighted by Gasteiger charge is 2.49. The van der Waals surface area contributed by atoms with Gasteiger partial charge in [-0.05, 0) is 69.5 Å². The summed E-state index contributed by atoms with van der Waals surface area (Å²) in [5.41, 5.74) is 1.13. The Bertz CT molecular complexity index is 1740. The predicted molar refractivity (Wildman–Crippen MR) is 160 cm³/mol. The Morgan fingerprint density at radius 2 is 2.00 bits per heavy atom. The average molecular weight is 610 g/mol. The second-order valence-corrected chi connectivity index (χ2v) is 13.6. The van der Waals surface area contributed by atoms with Gasteiger partial charge in [0.05, 0.1) is 28.2 Å². The van der Waals surface area contributed by atoms with Gasteiger partial charge in [-0.1, -0.05) is 11.6 Å². The van der Waals surface area contributed by atoms with E-state index in [2.05, 4.69) is 25.1 Å². The fraction of sp³-hybridized carbons (Fsp3) is 0.548. The van der Waals surface area contributed by atoms with Crippen molar-refractivity contribution in [1.29, 1.82) is 0 Å². The second kappa shape index (κ2) is 9.93. The number of β-amino-alcohol motifs (C(OH)–C–C–N with tert-alkyl or cyclic N) is 1. The Hall–Kier alpha value is -3.15. The van der Waals surface area contributed by atoms with E-state index in [0.717, 1.165) is 49.6 Å². The van der Waals surface area contributed by atoms with Crippen LogP contribution in [0.5, 0.6) is 6.01 Å². The highest BCUT2D eigenvalue weighted by atomic mass is 35.5. The van der Waals surface area contributed by atoms with Crippen LogP contribution in [0.3, 0.4) is 0 Å². The van der Waals surface area contributed by atoms with Gasteiger partial charge < -0.3 is 14.7 Å². The maximum absolute atomic E-state index is 16.9. The number of nitrogens with zero attached hydrogens (tertiary/aromatic N) is 6. The molecule has 43 heavy (non-hydrogen) atoms. The van der Waals surface area contributed by atoms with Gasteiger partial charge >= 0.3 is 6.01 Å². The number of aliphatic hydroxyl groups is 1. The minimum Gasteiger partial charge on any atom is -0.461 e. The maximum Gasteiger partial charge on any atom is 0.319 e. The smallest absolute Gasteiger partial charge is 0.319 e. The number of rotatable bonds is 6. The summed E-state index contributed by atoms with van der Waals surface area (Å²) < 4.78 is 37.5. The standard InChI is InChI=1S/C31H34ClF2N7O2/c1-30(42)6-2-8-40(15-30)28-20-12-35-27(24-19-13-36-39-22(19)10-21(32)23(24)17-4-5-17)25(34)26(20)37-29(38-28)43-16-31-7-3-9-41(31)14-18(33)11-31/h10,12-13,17-18,42H,2-9,11,14-16H2,1H3,(H,36,39)/t18-,30-,31+/m1/s1. The molecule has 0 bridgehead atoms. The fourth-order valence-corrected chi connectivity index (χ4v) is 8.01. The topological polar surface area (TPSA) is 103 Å². The van der Waals surface area contributed by atoms with E-state index in [-0.39, 0.29) is 29.7 Å². The summed E-state index contributed by atoms with van der Waals surface area (Å²) in [6.45, 7) is 4.25. The van der Waals surface area contributed by atoms with Gasteiger partial charge in [-0.2, -0.15) is 15.1 Å². The van der Waals surface area contributed by atoms with Crippen LogP contribution in [0.4, 0.5) is 14.6 Å². The molecule has 4 fully saturated rings. The van der Waals surface area contributed by atoms with Crippen molar-refractivity contribution >= 4 is 39.2 Å². The van der Waals surface area contributed by atoms with Crippen LogP contribution in [0.25, 0.3) is 33.1 Å². The van der Waals surface area contributed by atoms with Gasteiger partial charge in [0.15, 0.2) is 5.82 Å². The third-order valence-electron chi connectivity index (χ3n) is 9.81. The molecule has 9 nitrogen and oxygen atoms in total. The fourth-order valence-electron chi connectivity index (χ4n) is 7.65. The number of ether oxygens (including phenoxy) is 1. The average Bonchev–Trinajstić information content (AvgIpc) is 3.43. The molecule has 6 heterocycles. The summed E-state index contributed by atoms with van der Waals surface area (Å²) in [4.78, 5) is 18.2. The second-order valence-electron chi connectivity index (χ2n) is 13.2. The number of benzene rings is 1. The van der Waals surface area contributed by atoms with Crippen LogP contribution in [-0.4, -0.2) is 85.3 Å². The van der Waals surface area contributed by atoms with E-state index in [9.17, 15) is 9.50 Å². The highest BCUT2D eigenvalue weighted by Crippen LogP contribution is 2.50. The molecule has 0 spiro atoms. The van der Waals surface area contributed by atoms with Gasteiger partial charge in [0, 0.05) is 48.2 Å². The molecule has 0 unspecified atom stereocenters. The number of aromatic nitrogens is 5. The first-order valence-electron chi connectivity index (χ1n) is 15.2. The molecule has 0 amide bonds. The molecule has 2 N–H and O–H groups in total. The Kier molecular flexibility index (Phi) is 6.33. The van der Waals surface area contributed by atoms with Crippen LogP contribution in [0.2, 0.25) is 5.02 Å². The van der Waals surface area contributed by atoms with Crippen molar-refractivity contribution < 1.29 is 18.6 Å². The monoisotopic (exact) mass is 609 g/mol. The molecule has 3 saturated heterocycles. The Morgan fingerprint density at radius 1 is 1.16 bits per heavy atom. The van der Waals surface area contributed by atoms with Gasteiger partial charge in [-0.15, -0.1) is 0 Å². The molecular formula is C31H34ClF2N7O2. The largest absolute Gasteiger partial charge is 0.461 e. The first kappa shape index (κ1) is 27.4. The van der Waals surface area contributed by atoms with E-state index in [4.69, 9.17) is 21.3 Å². The lowest BCUT2D eigenvalue weighted by Gasteiger charge is -2.38. The number of halogens is 3. The van der Waals surface area contributed by atoms with E-state index in [0.29, 0.717) is 59.8 Å². The van der Waals surface area contributed by atoms with Crippen molar-refractivity contribution in [3.63, 3.8) is 0 Å². The van der Waals surface area contributed by atoms with E-state index >= 15 is 4.39 Å². The zero-order valence-electron chi connectivity index (χ0n) is 24.0. The Labute approximate surface area is 252 Å². The molecule has 1 saturated carbocycles. The first-order valence-corrected chi connectivity index (χ1v) is 15.6. The molecule has 4 aromatic rings. The third kappa shape index (κ3) is 4.62. The first-order chi connectivity index (χ1) is 20.7. The molecule has 1 aromatic carbocycles. The summed E-state index contributed by atoms with van der Waals surface area (Å²) >= 11 is 6.75. The molecule has 0 radical (unpaired) electrons. The number of anilines is 1. The van der Waals surface area contributed by atoms with E-state index in [1.54, 1.807) is 19.3 Å². The number of hydrogen-bond acceptors (Lipinski definition) is 8.